The summed E-state index contributed by atoms with van der Waals surface area (Å²) in [6.45, 7) is 2.00. The predicted molar refractivity (Wildman–Crippen MR) is 68.0 cm³/mol. The van der Waals surface area contributed by atoms with Crippen LogP contribution >= 0.6 is 0 Å². The van der Waals surface area contributed by atoms with Crippen LogP contribution in [0.1, 0.15) is 11.3 Å². The fourth-order valence-corrected chi connectivity index (χ4v) is 1.45. The van der Waals surface area contributed by atoms with E-state index >= 15 is 0 Å². The Kier molecular flexibility index (Phi) is 3.43. The molecule has 0 amide bonds. The van der Waals surface area contributed by atoms with Crippen LogP contribution in [-0.2, 0) is 0 Å². The van der Waals surface area contributed by atoms with E-state index in [0.29, 0.717) is 17.2 Å². The number of benzene rings is 1. The highest BCUT2D eigenvalue weighted by Gasteiger charge is 2.10. The van der Waals surface area contributed by atoms with Crippen LogP contribution < -0.4 is 10.5 Å². The molecule has 1 aromatic carbocycles. The summed E-state index contributed by atoms with van der Waals surface area (Å²) < 4.78 is 5.65. The molecular formula is C13H13N3O2. The zero-order chi connectivity index (χ0) is 13.0. The van der Waals surface area contributed by atoms with E-state index in [4.69, 9.17) is 15.7 Å². The fraction of sp³-hybridized carbons (Fsp3) is 0.0769. The van der Waals surface area contributed by atoms with Crippen molar-refractivity contribution in [3.8, 4) is 11.5 Å². The molecule has 1 aromatic heterocycles. The van der Waals surface area contributed by atoms with Crippen LogP contribution in [0.4, 0.5) is 0 Å². The number of nitrogens with zero attached hydrogens (tertiary/aromatic N) is 2. The Morgan fingerprint density at radius 1 is 1.28 bits per heavy atom. The van der Waals surface area contributed by atoms with Crippen molar-refractivity contribution in [1.82, 2.24) is 4.98 Å². The Labute approximate surface area is 105 Å². The minimum Gasteiger partial charge on any atom is -0.455 e. The number of amidine groups is 1. The van der Waals surface area contributed by atoms with E-state index in [1.165, 1.54) is 0 Å². The molecule has 0 aliphatic carbocycles. The van der Waals surface area contributed by atoms with Gasteiger partial charge in [0.25, 0.3) is 0 Å². The lowest BCUT2D eigenvalue weighted by Crippen LogP contribution is -2.15. The molecule has 0 aliphatic rings. The molecule has 3 N–H and O–H groups in total. The van der Waals surface area contributed by atoms with Crippen molar-refractivity contribution >= 4 is 5.84 Å². The predicted octanol–water partition coefficient (Wildman–Crippen LogP) is 2.28. The van der Waals surface area contributed by atoms with Crippen molar-refractivity contribution in [3.63, 3.8) is 0 Å². The Morgan fingerprint density at radius 3 is 2.67 bits per heavy atom. The molecule has 0 spiro atoms. The van der Waals surface area contributed by atoms with Crippen molar-refractivity contribution in [2.45, 2.75) is 6.92 Å². The van der Waals surface area contributed by atoms with E-state index in [2.05, 4.69) is 10.1 Å². The van der Waals surface area contributed by atoms with Gasteiger partial charge in [0.05, 0.1) is 0 Å². The van der Waals surface area contributed by atoms with E-state index in [1.54, 1.807) is 18.3 Å². The average molecular weight is 243 g/mol. The summed E-state index contributed by atoms with van der Waals surface area (Å²) >= 11 is 0. The van der Waals surface area contributed by atoms with Crippen molar-refractivity contribution in [2.75, 3.05) is 0 Å². The SMILES string of the molecule is Cc1ccc(Oc2cccnc2/C(N)=N/O)cc1. The Morgan fingerprint density at radius 2 is 2.00 bits per heavy atom. The zero-order valence-electron chi connectivity index (χ0n) is 9.87. The fourth-order valence-electron chi connectivity index (χ4n) is 1.45. The van der Waals surface area contributed by atoms with Gasteiger partial charge in [0.1, 0.15) is 5.75 Å². The summed E-state index contributed by atoms with van der Waals surface area (Å²) in [7, 11) is 0. The molecule has 0 bridgehead atoms. The molecular weight excluding hydrogens is 230 g/mol. The van der Waals surface area contributed by atoms with Gasteiger partial charge in [-0.1, -0.05) is 22.9 Å². The minimum absolute atomic E-state index is 0.0855. The van der Waals surface area contributed by atoms with Crippen LogP contribution in [0.5, 0.6) is 11.5 Å². The van der Waals surface area contributed by atoms with Crippen LogP contribution in [0.15, 0.2) is 47.8 Å². The molecule has 0 atom stereocenters. The zero-order valence-corrected chi connectivity index (χ0v) is 9.87. The highest BCUT2D eigenvalue weighted by molar-refractivity contribution is 5.97. The largest absolute Gasteiger partial charge is 0.455 e. The van der Waals surface area contributed by atoms with Crippen molar-refractivity contribution in [1.29, 1.82) is 0 Å². The molecule has 5 heteroatoms. The third-order valence-electron chi connectivity index (χ3n) is 2.37. The third kappa shape index (κ3) is 2.57. The van der Waals surface area contributed by atoms with Crippen molar-refractivity contribution in [3.05, 3.63) is 53.9 Å². The topological polar surface area (TPSA) is 80.7 Å². The Balaban J connectivity index is 2.32. The molecule has 5 nitrogen and oxygen atoms in total. The molecule has 0 unspecified atom stereocenters. The summed E-state index contributed by atoms with van der Waals surface area (Å²) in [5.41, 5.74) is 6.98. The number of ether oxygens (including phenoxy) is 1. The molecule has 0 radical (unpaired) electrons. The third-order valence-corrected chi connectivity index (χ3v) is 2.37. The van der Waals surface area contributed by atoms with Gasteiger partial charge >= 0.3 is 0 Å². The minimum atomic E-state index is -0.0855. The van der Waals surface area contributed by atoms with Crippen molar-refractivity contribution < 1.29 is 9.94 Å². The van der Waals surface area contributed by atoms with Gasteiger partial charge in [-0.05, 0) is 31.2 Å². The summed E-state index contributed by atoms with van der Waals surface area (Å²) in [5.74, 6) is 1.02. The maximum atomic E-state index is 8.68. The number of aryl methyl sites for hydroxylation is 1. The van der Waals surface area contributed by atoms with E-state index in [9.17, 15) is 0 Å². The van der Waals surface area contributed by atoms with Crippen LogP contribution in [0.25, 0.3) is 0 Å². The van der Waals surface area contributed by atoms with Crippen LogP contribution in [0.2, 0.25) is 0 Å². The number of rotatable bonds is 3. The molecule has 18 heavy (non-hydrogen) atoms. The van der Waals surface area contributed by atoms with Crippen LogP contribution in [-0.4, -0.2) is 16.0 Å². The lowest BCUT2D eigenvalue weighted by molar-refractivity contribution is 0.318. The van der Waals surface area contributed by atoms with Crippen LogP contribution in [0.3, 0.4) is 0 Å². The van der Waals surface area contributed by atoms with Gasteiger partial charge in [-0.15, -0.1) is 0 Å². The molecule has 2 aromatic rings. The second-order valence-corrected chi connectivity index (χ2v) is 3.75. The molecule has 92 valence electrons. The first-order valence-electron chi connectivity index (χ1n) is 5.38. The second-order valence-electron chi connectivity index (χ2n) is 3.75. The molecule has 2 rings (SSSR count). The van der Waals surface area contributed by atoms with Gasteiger partial charge in [-0.3, -0.25) is 0 Å². The van der Waals surface area contributed by atoms with Crippen molar-refractivity contribution in [2.24, 2.45) is 10.9 Å². The number of nitrogens with two attached hydrogens (primary N) is 1. The number of pyridine rings is 1. The lowest BCUT2D eigenvalue weighted by atomic mass is 10.2. The number of aromatic nitrogens is 1. The number of hydrogen-bond acceptors (Lipinski definition) is 4. The van der Waals surface area contributed by atoms with Gasteiger partial charge in [-0.25, -0.2) is 4.98 Å². The molecule has 1 heterocycles. The van der Waals surface area contributed by atoms with Gasteiger partial charge in [0.15, 0.2) is 17.3 Å². The maximum absolute atomic E-state index is 8.68. The summed E-state index contributed by atoms with van der Waals surface area (Å²) in [4.78, 5) is 4.02. The van der Waals surface area contributed by atoms with E-state index in [1.807, 2.05) is 31.2 Å². The van der Waals surface area contributed by atoms with Gasteiger partial charge in [0, 0.05) is 6.20 Å². The normalized spacial score (nSPS) is 11.3. The first-order chi connectivity index (χ1) is 8.70. The Hall–Kier alpha value is -2.56. The first-order valence-corrected chi connectivity index (χ1v) is 5.38. The van der Waals surface area contributed by atoms with E-state index < -0.39 is 0 Å². The van der Waals surface area contributed by atoms with Gasteiger partial charge < -0.3 is 15.7 Å². The molecule has 0 fully saturated rings. The highest BCUT2D eigenvalue weighted by Crippen LogP contribution is 2.23. The molecule has 0 saturated carbocycles. The Bertz CT molecular complexity index is 565. The van der Waals surface area contributed by atoms with Crippen LogP contribution in [0, 0.1) is 6.92 Å². The average Bonchev–Trinajstić information content (AvgIpc) is 2.41. The van der Waals surface area contributed by atoms with E-state index in [0.717, 1.165) is 5.56 Å². The van der Waals surface area contributed by atoms with Gasteiger partial charge in [0.2, 0.25) is 0 Å². The quantitative estimate of drug-likeness (QED) is 0.375. The van der Waals surface area contributed by atoms with Gasteiger partial charge in [-0.2, -0.15) is 0 Å². The number of hydrogen-bond donors (Lipinski definition) is 2. The molecule has 0 saturated heterocycles. The highest BCUT2D eigenvalue weighted by atomic mass is 16.5. The monoisotopic (exact) mass is 243 g/mol. The smallest absolute Gasteiger partial charge is 0.192 e. The maximum Gasteiger partial charge on any atom is 0.192 e. The summed E-state index contributed by atoms with van der Waals surface area (Å²) in [6.07, 6.45) is 1.55. The second kappa shape index (κ2) is 5.18. The number of oxime groups is 1. The summed E-state index contributed by atoms with van der Waals surface area (Å²) in [5, 5.41) is 11.6. The van der Waals surface area contributed by atoms with E-state index in [-0.39, 0.29) is 5.84 Å². The summed E-state index contributed by atoms with van der Waals surface area (Å²) in [6, 6.07) is 11.0. The lowest BCUT2D eigenvalue weighted by Gasteiger charge is -2.09. The standard InChI is InChI=1S/C13H13N3O2/c1-9-4-6-10(7-5-9)18-11-3-2-8-15-12(11)13(14)16-17/h2-8,17H,1H3,(H2,14,16). The first kappa shape index (κ1) is 11.9. The molecule has 0 aliphatic heterocycles.